The fourth-order valence-corrected chi connectivity index (χ4v) is 2.37. The summed E-state index contributed by atoms with van der Waals surface area (Å²) in [4.78, 5) is -0.241. The molecule has 90 valence electrons. The lowest BCUT2D eigenvalue weighted by molar-refractivity contribution is 0.598. The molecule has 0 fully saturated rings. The highest BCUT2D eigenvalue weighted by molar-refractivity contribution is 9.10. The van der Waals surface area contributed by atoms with E-state index in [2.05, 4.69) is 26.1 Å². The van der Waals surface area contributed by atoms with Gasteiger partial charge in [0.15, 0.2) is 0 Å². The Labute approximate surface area is 105 Å². The van der Waals surface area contributed by atoms with Crippen molar-refractivity contribution < 1.29 is 12.8 Å². The van der Waals surface area contributed by atoms with Crippen LogP contribution in [0, 0.1) is 5.82 Å². The molecule has 2 rings (SSSR count). The summed E-state index contributed by atoms with van der Waals surface area (Å²) in [5.41, 5.74) is 0.118. The molecule has 0 spiro atoms. The summed E-state index contributed by atoms with van der Waals surface area (Å²) in [7, 11) is -3.94. The number of benzene rings is 1. The van der Waals surface area contributed by atoms with Gasteiger partial charge in [-0.2, -0.15) is 5.10 Å². The van der Waals surface area contributed by atoms with E-state index < -0.39 is 15.8 Å². The molecule has 17 heavy (non-hydrogen) atoms. The molecule has 8 heteroatoms. The highest BCUT2D eigenvalue weighted by atomic mass is 79.9. The molecule has 5 nitrogen and oxygen atoms in total. The van der Waals surface area contributed by atoms with Gasteiger partial charge in [0.1, 0.15) is 10.7 Å². The first kappa shape index (κ1) is 12.2. The van der Waals surface area contributed by atoms with Crippen LogP contribution in [-0.2, 0) is 10.0 Å². The Morgan fingerprint density at radius 2 is 2.12 bits per heavy atom. The standard InChI is InChI=1S/C9H7BrFN3O2S/c10-5-1-2-7(11)6(3-5)9-8(4-13-14-9)17(12,15)16/h1-4H,(H,13,14)(H2,12,15,16). The van der Waals surface area contributed by atoms with Crippen LogP contribution in [0.2, 0.25) is 0 Å². The Hall–Kier alpha value is -1.25. The molecular weight excluding hydrogens is 313 g/mol. The van der Waals surface area contributed by atoms with Gasteiger partial charge in [-0.15, -0.1) is 0 Å². The van der Waals surface area contributed by atoms with Gasteiger partial charge in [-0.25, -0.2) is 17.9 Å². The second-order valence-electron chi connectivity index (χ2n) is 3.28. The van der Waals surface area contributed by atoms with E-state index in [1.54, 1.807) is 0 Å². The second-order valence-corrected chi connectivity index (χ2v) is 5.72. The van der Waals surface area contributed by atoms with Crippen molar-refractivity contribution in [2.24, 2.45) is 5.14 Å². The zero-order valence-corrected chi connectivity index (χ0v) is 10.7. The van der Waals surface area contributed by atoms with Gasteiger partial charge in [-0.1, -0.05) is 15.9 Å². The number of H-pyrrole nitrogens is 1. The minimum Gasteiger partial charge on any atom is -0.276 e. The molecule has 0 radical (unpaired) electrons. The number of nitrogens with one attached hydrogen (secondary N) is 1. The average Bonchev–Trinajstić information content (AvgIpc) is 2.69. The van der Waals surface area contributed by atoms with Crippen LogP contribution in [0.5, 0.6) is 0 Å². The first-order valence-electron chi connectivity index (χ1n) is 4.41. The van der Waals surface area contributed by atoms with Crippen molar-refractivity contribution >= 4 is 26.0 Å². The zero-order valence-electron chi connectivity index (χ0n) is 8.31. The number of hydrogen-bond donors (Lipinski definition) is 2. The lowest BCUT2D eigenvalue weighted by Gasteiger charge is -2.03. The number of nitrogens with two attached hydrogens (primary N) is 1. The Morgan fingerprint density at radius 3 is 2.76 bits per heavy atom. The van der Waals surface area contributed by atoms with Crippen molar-refractivity contribution in [1.29, 1.82) is 0 Å². The highest BCUT2D eigenvalue weighted by Crippen LogP contribution is 2.28. The van der Waals surface area contributed by atoms with E-state index in [1.165, 1.54) is 18.2 Å². The lowest BCUT2D eigenvalue weighted by atomic mass is 10.1. The van der Waals surface area contributed by atoms with Gasteiger partial charge in [-0.3, -0.25) is 5.10 Å². The molecule has 0 amide bonds. The van der Waals surface area contributed by atoms with E-state index >= 15 is 0 Å². The van der Waals surface area contributed by atoms with Gasteiger partial charge in [-0.05, 0) is 18.2 Å². The molecule has 0 bridgehead atoms. The maximum atomic E-state index is 13.6. The molecule has 1 aromatic heterocycles. The van der Waals surface area contributed by atoms with Crippen LogP contribution in [0.1, 0.15) is 0 Å². The van der Waals surface area contributed by atoms with E-state index in [0.29, 0.717) is 4.47 Å². The third kappa shape index (κ3) is 2.38. The molecule has 0 atom stereocenters. The second kappa shape index (κ2) is 4.21. The van der Waals surface area contributed by atoms with Gasteiger partial charge in [0.2, 0.25) is 10.0 Å². The first-order valence-corrected chi connectivity index (χ1v) is 6.75. The summed E-state index contributed by atoms with van der Waals surface area (Å²) in [5.74, 6) is -0.567. The predicted molar refractivity (Wildman–Crippen MR) is 63.1 cm³/mol. The van der Waals surface area contributed by atoms with Crippen LogP contribution in [0.4, 0.5) is 4.39 Å². The van der Waals surface area contributed by atoms with Crippen LogP contribution in [0.3, 0.4) is 0 Å². The average molecular weight is 320 g/mol. The summed E-state index contributed by atoms with van der Waals surface area (Å²) in [5, 5.41) is 11.0. The van der Waals surface area contributed by atoms with Crippen LogP contribution in [0.25, 0.3) is 11.3 Å². The van der Waals surface area contributed by atoms with E-state index in [0.717, 1.165) is 6.20 Å². The van der Waals surface area contributed by atoms with Gasteiger partial charge in [0.05, 0.1) is 11.9 Å². The summed E-state index contributed by atoms with van der Waals surface area (Å²) in [6, 6.07) is 4.16. The lowest BCUT2D eigenvalue weighted by Crippen LogP contribution is -2.12. The van der Waals surface area contributed by atoms with Crippen molar-refractivity contribution in [2.45, 2.75) is 4.90 Å². The number of nitrogens with zero attached hydrogens (tertiary/aromatic N) is 1. The predicted octanol–water partition coefficient (Wildman–Crippen LogP) is 1.63. The Morgan fingerprint density at radius 1 is 1.41 bits per heavy atom. The van der Waals surface area contributed by atoms with Gasteiger partial charge >= 0.3 is 0 Å². The van der Waals surface area contributed by atoms with Gasteiger partial charge < -0.3 is 0 Å². The van der Waals surface area contributed by atoms with Gasteiger partial charge in [0, 0.05) is 10.0 Å². The number of aromatic amines is 1. The highest BCUT2D eigenvalue weighted by Gasteiger charge is 2.20. The van der Waals surface area contributed by atoms with E-state index in [9.17, 15) is 12.8 Å². The van der Waals surface area contributed by atoms with Crippen molar-refractivity contribution in [3.8, 4) is 11.3 Å². The molecule has 3 N–H and O–H groups in total. The maximum absolute atomic E-state index is 13.6. The van der Waals surface area contributed by atoms with Crippen molar-refractivity contribution in [2.75, 3.05) is 0 Å². The molecule has 1 heterocycles. The van der Waals surface area contributed by atoms with Crippen LogP contribution in [0.15, 0.2) is 33.8 Å². The smallest absolute Gasteiger partial charge is 0.241 e. The molecule has 2 aromatic rings. The van der Waals surface area contributed by atoms with Crippen molar-refractivity contribution in [3.05, 3.63) is 34.7 Å². The molecule has 0 aliphatic carbocycles. The largest absolute Gasteiger partial charge is 0.276 e. The topological polar surface area (TPSA) is 88.8 Å². The van der Waals surface area contributed by atoms with Crippen LogP contribution >= 0.6 is 15.9 Å². The third-order valence-corrected chi connectivity index (χ3v) is 3.52. The first-order chi connectivity index (χ1) is 7.89. The number of hydrogen-bond acceptors (Lipinski definition) is 3. The quantitative estimate of drug-likeness (QED) is 0.881. The van der Waals surface area contributed by atoms with Crippen LogP contribution < -0.4 is 5.14 Å². The molecule has 0 unspecified atom stereocenters. The summed E-state index contributed by atoms with van der Waals surface area (Å²) in [6.45, 7) is 0. The summed E-state index contributed by atoms with van der Waals surface area (Å²) in [6.07, 6.45) is 1.05. The fourth-order valence-electron chi connectivity index (χ4n) is 1.37. The molecular formula is C9H7BrFN3O2S. The van der Waals surface area contributed by atoms with Crippen LogP contribution in [-0.4, -0.2) is 18.6 Å². The Bertz CT molecular complexity index is 669. The number of sulfonamides is 1. The molecule has 0 saturated heterocycles. The summed E-state index contributed by atoms with van der Waals surface area (Å²) >= 11 is 3.18. The number of aromatic nitrogens is 2. The number of primary sulfonamides is 1. The maximum Gasteiger partial charge on any atom is 0.241 e. The molecule has 1 aromatic carbocycles. The van der Waals surface area contributed by atoms with E-state index in [4.69, 9.17) is 5.14 Å². The van der Waals surface area contributed by atoms with E-state index in [1.807, 2.05) is 0 Å². The van der Waals surface area contributed by atoms with Gasteiger partial charge in [0.25, 0.3) is 0 Å². The number of halogens is 2. The molecule has 0 aliphatic rings. The zero-order chi connectivity index (χ0) is 12.6. The Kier molecular flexibility index (Phi) is 3.02. The minimum atomic E-state index is -3.94. The monoisotopic (exact) mass is 319 g/mol. The third-order valence-electron chi connectivity index (χ3n) is 2.11. The summed E-state index contributed by atoms with van der Waals surface area (Å²) < 4.78 is 36.7. The molecule has 0 saturated carbocycles. The van der Waals surface area contributed by atoms with E-state index in [-0.39, 0.29) is 16.2 Å². The fraction of sp³-hybridized carbons (Fsp3) is 0. The molecule has 0 aliphatic heterocycles. The minimum absolute atomic E-state index is 0.0336. The SMILES string of the molecule is NS(=O)(=O)c1cn[nH]c1-c1cc(Br)ccc1F. The van der Waals surface area contributed by atoms with Crippen molar-refractivity contribution in [1.82, 2.24) is 10.2 Å². The normalized spacial score (nSPS) is 11.7. The number of rotatable bonds is 2. The Balaban J connectivity index is 2.70. The van der Waals surface area contributed by atoms with Crippen molar-refractivity contribution in [3.63, 3.8) is 0 Å².